The minimum Gasteiger partial charge on any atom is -0.388 e. The molecule has 0 aliphatic heterocycles. The Morgan fingerprint density at radius 2 is 2.11 bits per heavy atom. The fourth-order valence-electron chi connectivity index (χ4n) is 2.38. The average molecular weight is 286 g/mol. The van der Waals surface area contributed by atoms with Crippen molar-refractivity contribution in [3.8, 4) is 0 Å². The second kappa shape index (κ2) is 5.47. The molecule has 1 aromatic rings. The molecule has 0 bridgehead atoms. The van der Waals surface area contributed by atoms with Crippen LogP contribution in [0.5, 0.6) is 0 Å². The van der Waals surface area contributed by atoms with Gasteiger partial charge >= 0.3 is 0 Å². The van der Waals surface area contributed by atoms with Gasteiger partial charge in [0.25, 0.3) is 5.91 Å². The third kappa shape index (κ3) is 3.25. The Morgan fingerprint density at radius 3 is 2.74 bits per heavy atom. The lowest BCUT2D eigenvalue weighted by Crippen LogP contribution is -2.40. The first-order chi connectivity index (χ1) is 8.91. The van der Waals surface area contributed by atoms with E-state index in [0.29, 0.717) is 18.4 Å². The van der Waals surface area contributed by atoms with Crippen LogP contribution in [0, 0.1) is 12.7 Å². The third-order valence-corrected chi connectivity index (χ3v) is 3.92. The van der Waals surface area contributed by atoms with E-state index in [1.807, 2.05) is 0 Å². The van der Waals surface area contributed by atoms with Crippen LogP contribution in [0.25, 0.3) is 0 Å². The quantitative estimate of drug-likeness (QED) is 0.897. The molecule has 2 rings (SSSR count). The topological polar surface area (TPSA) is 49.3 Å². The first-order valence-electron chi connectivity index (χ1n) is 6.37. The van der Waals surface area contributed by atoms with Crippen LogP contribution in [0.2, 0.25) is 5.02 Å². The van der Waals surface area contributed by atoms with Crippen molar-refractivity contribution in [2.75, 3.05) is 6.54 Å². The largest absolute Gasteiger partial charge is 0.388 e. The number of rotatable bonds is 3. The molecule has 104 valence electrons. The molecule has 1 amide bonds. The SMILES string of the molecule is Cc1cc(C(=O)NCC2(O)CCCC2)c(Cl)cc1F. The lowest BCUT2D eigenvalue weighted by atomic mass is 10.0. The van der Waals surface area contributed by atoms with E-state index in [2.05, 4.69) is 5.32 Å². The minimum atomic E-state index is -0.808. The Labute approximate surface area is 116 Å². The van der Waals surface area contributed by atoms with Gasteiger partial charge in [0.05, 0.1) is 16.2 Å². The standard InChI is InChI=1S/C14H17ClFNO2/c1-9-6-10(11(15)7-12(9)16)13(18)17-8-14(19)4-2-3-5-14/h6-7,19H,2-5,8H2,1H3,(H,17,18). The number of amides is 1. The first-order valence-corrected chi connectivity index (χ1v) is 6.75. The molecule has 5 heteroatoms. The van der Waals surface area contributed by atoms with Gasteiger partial charge in [-0.1, -0.05) is 24.4 Å². The molecule has 0 heterocycles. The van der Waals surface area contributed by atoms with Gasteiger partial charge < -0.3 is 10.4 Å². The van der Waals surface area contributed by atoms with Crippen molar-refractivity contribution in [1.82, 2.24) is 5.32 Å². The molecule has 1 aromatic carbocycles. The molecule has 2 N–H and O–H groups in total. The van der Waals surface area contributed by atoms with E-state index in [4.69, 9.17) is 11.6 Å². The molecule has 19 heavy (non-hydrogen) atoms. The average Bonchev–Trinajstić information content (AvgIpc) is 2.78. The summed E-state index contributed by atoms with van der Waals surface area (Å²) in [5.41, 5.74) is -0.201. The monoisotopic (exact) mass is 285 g/mol. The van der Waals surface area contributed by atoms with Crippen molar-refractivity contribution in [3.05, 3.63) is 34.1 Å². The van der Waals surface area contributed by atoms with E-state index in [1.54, 1.807) is 6.92 Å². The van der Waals surface area contributed by atoms with Crippen LogP contribution >= 0.6 is 11.6 Å². The van der Waals surface area contributed by atoms with E-state index >= 15 is 0 Å². The zero-order valence-corrected chi connectivity index (χ0v) is 11.6. The maximum atomic E-state index is 13.3. The number of nitrogens with one attached hydrogen (secondary N) is 1. The van der Waals surface area contributed by atoms with Crippen LogP contribution in [-0.2, 0) is 0 Å². The summed E-state index contributed by atoms with van der Waals surface area (Å²) in [6, 6.07) is 2.56. The zero-order valence-electron chi connectivity index (χ0n) is 10.8. The van der Waals surface area contributed by atoms with Crippen molar-refractivity contribution >= 4 is 17.5 Å². The summed E-state index contributed by atoms with van der Waals surface area (Å²) in [6.07, 6.45) is 3.35. The summed E-state index contributed by atoms with van der Waals surface area (Å²) in [5, 5.41) is 12.9. The molecule has 1 aliphatic carbocycles. The highest BCUT2D eigenvalue weighted by atomic mass is 35.5. The Bertz CT molecular complexity index is 498. The predicted octanol–water partition coefficient (Wildman–Crippen LogP) is 2.82. The molecule has 0 unspecified atom stereocenters. The Hall–Kier alpha value is -1.13. The van der Waals surface area contributed by atoms with Crippen molar-refractivity contribution in [2.24, 2.45) is 0 Å². The Morgan fingerprint density at radius 1 is 1.47 bits per heavy atom. The van der Waals surface area contributed by atoms with Gasteiger partial charge in [0.2, 0.25) is 0 Å². The van der Waals surface area contributed by atoms with Crippen molar-refractivity contribution < 1.29 is 14.3 Å². The molecule has 1 saturated carbocycles. The van der Waals surface area contributed by atoms with Crippen LogP contribution in [0.15, 0.2) is 12.1 Å². The fourth-order valence-corrected chi connectivity index (χ4v) is 2.62. The highest BCUT2D eigenvalue weighted by Gasteiger charge is 2.31. The lowest BCUT2D eigenvalue weighted by molar-refractivity contribution is 0.0449. The molecule has 1 fully saturated rings. The second-order valence-corrected chi connectivity index (χ2v) is 5.60. The zero-order chi connectivity index (χ0) is 14.0. The van der Waals surface area contributed by atoms with Crippen LogP contribution in [0.3, 0.4) is 0 Å². The number of carbonyl (C=O) groups is 1. The molecule has 0 atom stereocenters. The van der Waals surface area contributed by atoms with Gasteiger partial charge in [-0.15, -0.1) is 0 Å². The lowest BCUT2D eigenvalue weighted by Gasteiger charge is -2.22. The summed E-state index contributed by atoms with van der Waals surface area (Å²) in [7, 11) is 0. The van der Waals surface area contributed by atoms with E-state index in [0.717, 1.165) is 18.9 Å². The van der Waals surface area contributed by atoms with Crippen LogP contribution in [0.4, 0.5) is 4.39 Å². The van der Waals surface area contributed by atoms with E-state index in [-0.39, 0.29) is 23.0 Å². The smallest absolute Gasteiger partial charge is 0.252 e. The Kier molecular flexibility index (Phi) is 4.11. The van der Waals surface area contributed by atoms with Crippen LogP contribution in [0.1, 0.15) is 41.6 Å². The predicted molar refractivity (Wildman–Crippen MR) is 71.9 cm³/mol. The van der Waals surface area contributed by atoms with Gasteiger partial charge in [-0.3, -0.25) is 4.79 Å². The summed E-state index contributed by atoms with van der Waals surface area (Å²) < 4.78 is 13.3. The summed E-state index contributed by atoms with van der Waals surface area (Å²) in [5.74, 6) is -0.815. The molecular weight excluding hydrogens is 269 g/mol. The summed E-state index contributed by atoms with van der Waals surface area (Å²) in [6.45, 7) is 1.78. The highest BCUT2D eigenvalue weighted by Crippen LogP contribution is 2.29. The van der Waals surface area contributed by atoms with Gasteiger partial charge in [0.1, 0.15) is 5.82 Å². The van der Waals surface area contributed by atoms with Crippen LogP contribution in [-0.4, -0.2) is 23.2 Å². The van der Waals surface area contributed by atoms with Crippen molar-refractivity contribution in [2.45, 2.75) is 38.2 Å². The van der Waals surface area contributed by atoms with Crippen molar-refractivity contribution in [1.29, 1.82) is 0 Å². The van der Waals surface area contributed by atoms with Gasteiger partial charge in [0.15, 0.2) is 0 Å². The maximum absolute atomic E-state index is 13.3. The molecular formula is C14H17ClFNO2. The van der Waals surface area contributed by atoms with Gasteiger partial charge in [-0.2, -0.15) is 0 Å². The van der Waals surface area contributed by atoms with E-state index in [1.165, 1.54) is 6.07 Å². The first kappa shape index (κ1) is 14.3. The number of hydrogen-bond donors (Lipinski definition) is 2. The Balaban J connectivity index is 2.06. The molecule has 1 aliphatic rings. The second-order valence-electron chi connectivity index (χ2n) is 5.20. The number of hydrogen-bond acceptors (Lipinski definition) is 2. The third-order valence-electron chi connectivity index (χ3n) is 3.61. The number of carbonyl (C=O) groups excluding carboxylic acids is 1. The van der Waals surface area contributed by atoms with Gasteiger partial charge in [0, 0.05) is 6.54 Å². The van der Waals surface area contributed by atoms with Crippen LogP contribution < -0.4 is 5.32 Å². The summed E-state index contributed by atoms with van der Waals surface area (Å²) in [4.78, 5) is 12.0. The van der Waals surface area contributed by atoms with Gasteiger partial charge in [-0.25, -0.2) is 4.39 Å². The molecule has 3 nitrogen and oxygen atoms in total. The molecule has 0 spiro atoms. The molecule has 0 radical (unpaired) electrons. The normalized spacial score (nSPS) is 17.5. The number of aliphatic hydroxyl groups is 1. The minimum absolute atomic E-state index is 0.0824. The number of benzene rings is 1. The van der Waals surface area contributed by atoms with Crippen molar-refractivity contribution in [3.63, 3.8) is 0 Å². The van der Waals surface area contributed by atoms with Gasteiger partial charge in [-0.05, 0) is 37.5 Å². The fraction of sp³-hybridized carbons (Fsp3) is 0.500. The van der Waals surface area contributed by atoms with E-state index < -0.39 is 11.4 Å². The number of aryl methyl sites for hydroxylation is 1. The molecule has 0 aromatic heterocycles. The van der Waals surface area contributed by atoms with E-state index in [9.17, 15) is 14.3 Å². The summed E-state index contributed by atoms with van der Waals surface area (Å²) >= 11 is 5.86. The molecule has 0 saturated heterocycles. The maximum Gasteiger partial charge on any atom is 0.252 e. The highest BCUT2D eigenvalue weighted by molar-refractivity contribution is 6.33. The number of halogens is 2.